The largest absolute Gasteiger partial charge is 0.382 e. The smallest absolute Gasteiger partial charge is 0.175 e. The van der Waals surface area contributed by atoms with Gasteiger partial charge in [0.2, 0.25) is 0 Å². The number of aromatic nitrogens is 2. The van der Waals surface area contributed by atoms with Gasteiger partial charge in [0, 0.05) is 6.26 Å². The predicted octanol–water partition coefficient (Wildman–Crippen LogP) is 1.39. The maximum atomic E-state index is 11.4. The van der Waals surface area contributed by atoms with Crippen LogP contribution in [0.25, 0.3) is 0 Å². The van der Waals surface area contributed by atoms with Crippen molar-refractivity contribution in [1.82, 2.24) is 10.2 Å². The summed E-state index contributed by atoms with van der Waals surface area (Å²) in [6.45, 7) is 0. The molecule has 0 spiro atoms. The van der Waals surface area contributed by atoms with E-state index < -0.39 is 9.84 Å². The van der Waals surface area contributed by atoms with Crippen LogP contribution < -0.4 is 11.5 Å². The Kier molecular flexibility index (Phi) is 3.21. The van der Waals surface area contributed by atoms with Gasteiger partial charge in [-0.3, -0.25) is 5.10 Å². The molecule has 0 atom stereocenters. The molecular weight excluding hydrogens is 268 g/mol. The lowest BCUT2D eigenvalue weighted by Crippen LogP contribution is -1.95. The zero-order valence-corrected chi connectivity index (χ0v) is 10.8. The number of sulfone groups is 1. The number of azo groups is 1. The van der Waals surface area contributed by atoms with Gasteiger partial charge in [0.1, 0.15) is 5.82 Å². The first-order valence-corrected chi connectivity index (χ1v) is 7.08. The number of nitrogen functional groups attached to an aromatic ring is 2. The second-order valence-corrected chi connectivity index (χ2v) is 5.86. The highest BCUT2D eigenvalue weighted by molar-refractivity contribution is 7.90. The Labute approximate surface area is 109 Å². The lowest BCUT2D eigenvalue weighted by atomic mass is 10.3. The normalized spacial score (nSPS) is 12.1. The summed E-state index contributed by atoms with van der Waals surface area (Å²) >= 11 is 0. The van der Waals surface area contributed by atoms with Crippen LogP contribution in [0.15, 0.2) is 39.4 Å². The molecule has 0 fully saturated rings. The van der Waals surface area contributed by atoms with Crippen molar-refractivity contribution in [3.63, 3.8) is 0 Å². The SMILES string of the molecule is CS(=O)(=O)c1cccc(N=Nc2c(N)n[nH]c2N)c1. The summed E-state index contributed by atoms with van der Waals surface area (Å²) in [5, 5.41) is 13.9. The van der Waals surface area contributed by atoms with Crippen LogP contribution in [0.5, 0.6) is 0 Å². The van der Waals surface area contributed by atoms with Gasteiger partial charge in [-0.15, -0.1) is 5.11 Å². The lowest BCUT2D eigenvalue weighted by Gasteiger charge is -1.98. The van der Waals surface area contributed by atoms with E-state index in [1.54, 1.807) is 12.1 Å². The van der Waals surface area contributed by atoms with Gasteiger partial charge in [0.25, 0.3) is 0 Å². The third kappa shape index (κ3) is 2.88. The maximum absolute atomic E-state index is 11.4. The fourth-order valence-corrected chi connectivity index (χ4v) is 2.01. The van der Waals surface area contributed by atoms with Gasteiger partial charge in [-0.05, 0) is 18.2 Å². The van der Waals surface area contributed by atoms with Crippen molar-refractivity contribution in [2.24, 2.45) is 10.2 Å². The van der Waals surface area contributed by atoms with E-state index in [1.807, 2.05) is 0 Å². The van der Waals surface area contributed by atoms with Crippen molar-refractivity contribution in [2.45, 2.75) is 4.90 Å². The molecule has 0 bridgehead atoms. The Morgan fingerprint density at radius 3 is 2.58 bits per heavy atom. The van der Waals surface area contributed by atoms with Crippen molar-refractivity contribution >= 4 is 32.8 Å². The molecule has 5 N–H and O–H groups in total. The topological polar surface area (TPSA) is 140 Å². The van der Waals surface area contributed by atoms with E-state index in [4.69, 9.17) is 11.5 Å². The molecule has 2 rings (SSSR count). The molecule has 0 aliphatic carbocycles. The van der Waals surface area contributed by atoms with Crippen LogP contribution in [0.3, 0.4) is 0 Å². The van der Waals surface area contributed by atoms with E-state index in [-0.39, 0.29) is 22.2 Å². The van der Waals surface area contributed by atoms with E-state index in [1.165, 1.54) is 12.1 Å². The molecule has 0 radical (unpaired) electrons. The molecule has 0 unspecified atom stereocenters. The van der Waals surface area contributed by atoms with E-state index in [0.29, 0.717) is 5.69 Å². The molecule has 1 heterocycles. The van der Waals surface area contributed by atoms with E-state index in [9.17, 15) is 8.42 Å². The lowest BCUT2D eigenvalue weighted by molar-refractivity contribution is 0.602. The van der Waals surface area contributed by atoms with Gasteiger partial charge in [0.15, 0.2) is 21.3 Å². The summed E-state index contributed by atoms with van der Waals surface area (Å²) in [4.78, 5) is 0.164. The summed E-state index contributed by atoms with van der Waals surface area (Å²) < 4.78 is 22.8. The summed E-state index contributed by atoms with van der Waals surface area (Å²) in [6, 6.07) is 6.08. The van der Waals surface area contributed by atoms with E-state index >= 15 is 0 Å². The summed E-state index contributed by atoms with van der Waals surface area (Å²) in [7, 11) is -3.28. The van der Waals surface area contributed by atoms with Crippen molar-refractivity contribution in [1.29, 1.82) is 0 Å². The minimum atomic E-state index is -3.28. The Morgan fingerprint density at radius 2 is 2.00 bits per heavy atom. The Hall–Kier alpha value is -2.42. The van der Waals surface area contributed by atoms with Gasteiger partial charge >= 0.3 is 0 Å². The summed E-state index contributed by atoms with van der Waals surface area (Å²) in [5.74, 6) is 0.320. The van der Waals surface area contributed by atoms with Gasteiger partial charge in [-0.1, -0.05) is 6.07 Å². The number of hydrogen-bond acceptors (Lipinski definition) is 7. The fourth-order valence-electron chi connectivity index (χ4n) is 1.35. The highest BCUT2D eigenvalue weighted by Crippen LogP contribution is 2.28. The second-order valence-electron chi connectivity index (χ2n) is 3.84. The van der Waals surface area contributed by atoms with Gasteiger partial charge < -0.3 is 11.5 Å². The molecule has 100 valence electrons. The molecule has 19 heavy (non-hydrogen) atoms. The summed E-state index contributed by atoms with van der Waals surface area (Å²) in [5.41, 5.74) is 11.7. The van der Waals surface area contributed by atoms with Crippen LogP contribution in [0, 0.1) is 0 Å². The van der Waals surface area contributed by atoms with Crippen LogP contribution in [0.2, 0.25) is 0 Å². The number of nitrogens with two attached hydrogens (primary N) is 2. The predicted molar refractivity (Wildman–Crippen MR) is 71.1 cm³/mol. The molecule has 2 aromatic rings. The first kappa shape index (κ1) is 13.0. The van der Waals surface area contributed by atoms with E-state index in [0.717, 1.165) is 6.26 Å². The first-order chi connectivity index (χ1) is 8.88. The molecular formula is C10H12N6O2S. The molecule has 0 saturated carbocycles. The average molecular weight is 280 g/mol. The van der Waals surface area contributed by atoms with Crippen LogP contribution >= 0.6 is 0 Å². The van der Waals surface area contributed by atoms with Gasteiger partial charge in [-0.2, -0.15) is 10.2 Å². The minimum Gasteiger partial charge on any atom is -0.382 e. The average Bonchev–Trinajstić information content (AvgIpc) is 2.66. The molecule has 1 aromatic carbocycles. The van der Waals surface area contributed by atoms with Crippen LogP contribution in [-0.2, 0) is 9.84 Å². The molecule has 0 aliphatic heterocycles. The van der Waals surface area contributed by atoms with Crippen molar-refractivity contribution in [3.8, 4) is 0 Å². The van der Waals surface area contributed by atoms with Crippen LogP contribution in [-0.4, -0.2) is 24.9 Å². The number of rotatable bonds is 3. The van der Waals surface area contributed by atoms with Crippen molar-refractivity contribution in [2.75, 3.05) is 17.7 Å². The first-order valence-electron chi connectivity index (χ1n) is 5.19. The number of H-pyrrole nitrogens is 1. The molecule has 8 nitrogen and oxygen atoms in total. The standard InChI is InChI=1S/C10H12N6O2S/c1-19(17,18)7-4-2-3-6(5-7)13-14-8-9(11)15-16-10(8)12/h2-5H,1H3,(H5,11,12,15,16). The number of anilines is 2. The Morgan fingerprint density at radius 1 is 1.26 bits per heavy atom. The number of nitrogens with zero attached hydrogens (tertiary/aromatic N) is 3. The van der Waals surface area contributed by atoms with E-state index in [2.05, 4.69) is 20.4 Å². The number of benzene rings is 1. The van der Waals surface area contributed by atoms with Crippen LogP contribution in [0.1, 0.15) is 0 Å². The number of nitrogens with one attached hydrogen (secondary N) is 1. The van der Waals surface area contributed by atoms with Crippen molar-refractivity contribution in [3.05, 3.63) is 24.3 Å². The van der Waals surface area contributed by atoms with Gasteiger partial charge in [-0.25, -0.2) is 8.42 Å². The quantitative estimate of drug-likeness (QED) is 0.729. The number of hydrogen-bond donors (Lipinski definition) is 3. The van der Waals surface area contributed by atoms with Crippen LogP contribution in [0.4, 0.5) is 23.0 Å². The third-order valence-corrected chi connectivity index (χ3v) is 3.42. The fraction of sp³-hybridized carbons (Fsp3) is 0.100. The second kappa shape index (κ2) is 4.69. The third-order valence-electron chi connectivity index (χ3n) is 2.31. The summed E-state index contributed by atoms with van der Waals surface area (Å²) in [6.07, 6.45) is 1.12. The zero-order valence-electron chi connectivity index (χ0n) is 10.0. The highest BCUT2D eigenvalue weighted by Gasteiger charge is 2.08. The molecule has 1 aromatic heterocycles. The zero-order chi connectivity index (χ0) is 14.0. The monoisotopic (exact) mass is 280 g/mol. The minimum absolute atomic E-state index is 0.125. The maximum Gasteiger partial charge on any atom is 0.175 e. The van der Waals surface area contributed by atoms with Gasteiger partial charge in [0.05, 0.1) is 10.6 Å². The molecule has 0 amide bonds. The molecule has 0 aliphatic rings. The Bertz CT molecular complexity index is 715. The molecule has 0 saturated heterocycles. The molecule has 9 heteroatoms. The Balaban J connectivity index is 2.35. The number of aromatic amines is 1. The van der Waals surface area contributed by atoms with Crippen molar-refractivity contribution < 1.29 is 8.42 Å². The highest BCUT2D eigenvalue weighted by atomic mass is 32.2.